The molecular weight excluding hydrogens is 317 g/mol. The molecule has 1 heterocycles. The molecule has 1 aromatic rings. The number of alkyl halides is 1. The monoisotopic (exact) mass is 325 g/mol. The van der Waals surface area contributed by atoms with Gasteiger partial charge in [0.1, 0.15) is 8.80 Å². The van der Waals surface area contributed by atoms with E-state index in [9.17, 15) is 9.59 Å². The highest BCUT2D eigenvalue weighted by Gasteiger charge is 2.18. The van der Waals surface area contributed by atoms with E-state index in [0.717, 1.165) is 16.2 Å². The van der Waals surface area contributed by atoms with Crippen LogP contribution in [0.25, 0.3) is 0 Å². The van der Waals surface area contributed by atoms with Gasteiger partial charge in [-0.15, -0.1) is 11.3 Å². The van der Waals surface area contributed by atoms with Gasteiger partial charge in [-0.25, -0.2) is 4.79 Å². The van der Waals surface area contributed by atoms with Crippen molar-refractivity contribution in [2.75, 3.05) is 7.05 Å². The van der Waals surface area contributed by atoms with Crippen molar-refractivity contribution in [1.29, 1.82) is 0 Å². The van der Waals surface area contributed by atoms with Crippen molar-refractivity contribution < 1.29 is 14.7 Å². The van der Waals surface area contributed by atoms with Crippen LogP contribution in [0.5, 0.6) is 0 Å². The van der Waals surface area contributed by atoms with Crippen molar-refractivity contribution >= 4 is 45.8 Å². The Bertz CT molecular complexity index is 363. The average Bonchev–Trinajstić information content (AvgIpc) is 2.64. The molecule has 2 N–H and O–H groups in total. The summed E-state index contributed by atoms with van der Waals surface area (Å²) in [7, 11) is 1.56. The largest absolute Gasteiger partial charge is 0.477 e. The highest BCUT2D eigenvalue weighted by Crippen LogP contribution is 2.30. The molecule has 0 radical (unpaired) electrons. The molecule has 0 spiro atoms. The van der Waals surface area contributed by atoms with Gasteiger partial charge in [0.2, 0.25) is 5.91 Å². The van der Waals surface area contributed by atoms with Crippen LogP contribution in [-0.2, 0) is 4.79 Å². The molecule has 0 aliphatic rings. The van der Waals surface area contributed by atoms with Crippen molar-refractivity contribution in [1.82, 2.24) is 5.32 Å². The number of carboxylic acids is 1. The van der Waals surface area contributed by atoms with E-state index in [-0.39, 0.29) is 14.7 Å². The number of halogens is 1. The van der Waals surface area contributed by atoms with Gasteiger partial charge in [-0.2, -0.15) is 0 Å². The SMILES string of the molecule is CNC(=O)[C@H](I)c1ccc(C(=O)O)s1. The Hall–Kier alpha value is -0.630. The Morgan fingerprint density at radius 1 is 1.57 bits per heavy atom. The first-order chi connectivity index (χ1) is 6.56. The first kappa shape index (κ1) is 11.4. The Morgan fingerprint density at radius 2 is 2.21 bits per heavy atom. The number of likely N-dealkylation sites (N-methyl/N-ethyl adjacent to an activating group) is 1. The zero-order valence-corrected chi connectivity index (χ0v) is 10.3. The molecule has 0 aliphatic heterocycles. The van der Waals surface area contributed by atoms with Crippen LogP contribution in [0.2, 0.25) is 0 Å². The average molecular weight is 325 g/mol. The smallest absolute Gasteiger partial charge is 0.345 e. The second kappa shape index (κ2) is 4.74. The minimum Gasteiger partial charge on any atom is -0.477 e. The second-order valence-electron chi connectivity index (χ2n) is 2.48. The van der Waals surface area contributed by atoms with Gasteiger partial charge in [0.25, 0.3) is 0 Å². The molecule has 0 fully saturated rings. The molecule has 0 aliphatic carbocycles. The predicted octanol–water partition coefficient (Wildman–Crippen LogP) is 1.67. The van der Waals surface area contributed by atoms with Gasteiger partial charge in [-0.1, -0.05) is 22.6 Å². The van der Waals surface area contributed by atoms with Crippen molar-refractivity contribution in [3.05, 3.63) is 21.9 Å². The topological polar surface area (TPSA) is 66.4 Å². The van der Waals surface area contributed by atoms with E-state index in [1.165, 1.54) is 6.07 Å². The summed E-state index contributed by atoms with van der Waals surface area (Å²) >= 11 is 3.10. The third-order valence-corrected chi connectivity index (χ3v) is 4.36. The molecule has 1 aromatic heterocycles. The van der Waals surface area contributed by atoms with Gasteiger partial charge in [-0.05, 0) is 12.1 Å². The van der Waals surface area contributed by atoms with E-state index in [4.69, 9.17) is 5.11 Å². The molecule has 1 atom stereocenters. The molecule has 1 rings (SSSR count). The van der Waals surface area contributed by atoms with E-state index in [2.05, 4.69) is 5.32 Å². The van der Waals surface area contributed by atoms with Crippen molar-refractivity contribution in [2.24, 2.45) is 0 Å². The maximum Gasteiger partial charge on any atom is 0.345 e. The summed E-state index contributed by atoms with van der Waals surface area (Å²) in [4.78, 5) is 22.8. The van der Waals surface area contributed by atoms with Crippen LogP contribution in [0.4, 0.5) is 0 Å². The summed E-state index contributed by atoms with van der Waals surface area (Å²) in [5, 5.41) is 11.2. The Labute approximate surface area is 98.5 Å². The lowest BCUT2D eigenvalue weighted by molar-refractivity contribution is -0.119. The van der Waals surface area contributed by atoms with Crippen LogP contribution >= 0.6 is 33.9 Å². The highest BCUT2D eigenvalue weighted by atomic mass is 127. The van der Waals surface area contributed by atoms with Crippen molar-refractivity contribution in [2.45, 2.75) is 3.92 Å². The number of carboxylic acid groups (broad SMARTS) is 1. The minimum absolute atomic E-state index is 0.121. The summed E-state index contributed by atoms with van der Waals surface area (Å²) < 4.78 is -0.323. The summed E-state index contributed by atoms with van der Waals surface area (Å²) in [6.45, 7) is 0. The number of carbonyl (C=O) groups is 2. The standard InChI is InChI=1S/C8H8INO3S/c1-10-7(11)6(9)4-2-3-5(14-4)8(12)13/h2-3,6H,1H3,(H,10,11)(H,12,13)/t6-/m1/s1. The van der Waals surface area contributed by atoms with E-state index in [1.807, 2.05) is 22.6 Å². The molecule has 0 saturated heterocycles. The van der Waals surface area contributed by atoms with Crippen LogP contribution in [-0.4, -0.2) is 24.0 Å². The molecule has 0 unspecified atom stereocenters. The van der Waals surface area contributed by atoms with Gasteiger partial charge in [0.15, 0.2) is 0 Å². The van der Waals surface area contributed by atoms with Gasteiger partial charge in [-0.3, -0.25) is 4.79 Å². The van der Waals surface area contributed by atoms with Gasteiger partial charge in [0.05, 0.1) is 0 Å². The number of aromatic carboxylic acids is 1. The van der Waals surface area contributed by atoms with E-state index in [0.29, 0.717) is 0 Å². The maximum absolute atomic E-state index is 11.2. The van der Waals surface area contributed by atoms with Crippen LogP contribution in [0.1, 0.15) is 18.5 Å². The highest BCUT2D eigenvalue weighted by molar-refractivity contribution is 14.1. The first-order valence-electron chi connectivity index (χ1n) is 3.75. The molecule has 0 bridgehead atoms. The number of carbonyl (C=O) groups excluding carboxylic acids is 1. The molecule has 4 nitrogen and oxygen atoms in total. The molecule has 0 saturated carbocycles. The fraction of sp³-hybridized carbons (Fsp3) is 0.250. The maximum atomic E-state index is 11.2. The van der Waals surface area contributed by atoms with Crippen molar-refractivity contribution in [3.63, 3.8) is 0 Å². The van der Waals surface area contributed by atoms with Gasteiger partial charge in [0, 0.05) is 11.9 Å². The number of nitrogens with one attached hydrogen (secondary N) is 1. The molecule has 0 aromatic carbocycles. The van der Waals surface area contributed by atoms with E-state index in [1.54, 1.807) is 13.1 Å². The fourth-order valence-corrected chi connectivity index (χ4v) is 2.58. The minimum atomic E-state index is -0.957. The van der Waals surface area contributed by atoms with E-state index < -0.39 is 5.97 Å². The Kier molecular flexibility index (Phi) is 3.87. The lowest BCUT2D eigenvalue weighted by atomic mass is 10.3. The third-order valence-electron chi connectivity index (χ3n) is 1.56. The number of rotatable bonds is 3. The Balaban J connectivity index is 2.86. The van der Waals surface area contributed by atoms with E-state index >= 15 is 0 Å². The Morgan fingerprint density at radius 3 is 2.64 bits per heavy atom. The quantitative estimate of drug-likeness (QED) is 0.656. The number of hydrogen-bond acceptors (Lipinski definition) is 3. The summed E-state index contributed by atoms with van der Waals surface area (Å²) in [6, 6.07) is 3.18. The van der Waals surface area contributed by atoms with Crippen LogP contribution in [0.15, 0.2) is 12.1 Å². The lowest BCUT2D eigenvalue weighted by Crippen LogP contribution is -2.21. The zero-order chi connectivity index (χ0) is 10.7. The zero-order valence-electron chi connectivity index (χ0n) is 7.28. The summed E-state index contributed by atoms with van der Waals surface area (Å²) in [6.07, 6.45) is 0. The van der Waals surface area contributed by atoms with Crippen LogP contribution < -0.4 is 5.32 Å². The number of amides is 1. The number of thiophene rings is 1. The lowest BCUT2D eigenvalue weighted by Gasteiger charge is -2.04. The molecule has 6 heteroatoms. The normalized spacial score (nSPS) is 12.1. The summed E-state index contributed by atoms with van der Waals surface area (Å²) in [5.41, 5.74) is 0. The van der Waals surface area contributed by atoms with Gasteiger partial charge >= 0.3 is 5.97 Å². The molecular formula is C8H8INO3S. The van der Waals surface area contributed by atoms with Crippen LogP contribution in [0, 0.1) is 0 Å². The molecule has 14 heavy (non-hydrogen) atoms. The number of hydrogen-bond donors (Lipinski definition) is 2. The predicted molar refractivity (Wildman–Crippen MR) is 62.1 cm³/mol. The second-order valence-corrected chi connectivity index (χ2v) is 4.84. The van der Waals surface area contributed by atoms with Crippen molar-refractivity contribution in [3.8, 4) is 0 Å². The molecule has 76 valence electrons. The first-order valence-corrected chi connectivity index (χ1v) is 5.81. The molecule has 1 amide bonds. The summed E-state index contributed by atoms with van der Waals surface area (Å²) in [5.74, 6) is -1.08. The van der Waals surface area contributed by atoms with Crippen LogP contribution in [0.3, 0.4) is 0 Å². The third kappa shape index (κ3) is 2.44. The fourth-order valence-electron chi connectivity index (χ4n) is 0.860. The van der Waals surface area contributed by atoms with Gasteiger partial charge < -0.3 is 10.4 Å².